The molecule has 0 bridgehead atoms. The smallest absolute Gasteiger partial charge is 0.227 e. The van der Waals surface area contributed by atoms with Crippen molar-refractivity contribution in [3.63, 3.8) is 0 Å². The number of anilines is 2. The molecule has 8 heteroatoms. The number of ketones is 1. The number of Topliss-reactive ketones (excluding diaryl/α,β-unsaturated/α-hetero) is 1. The number of halogens is 1. The number of piperidine rings is 1. The van der Waals surface area contributed by atoms with E-state index in [0.717, 1.165) is 48.0 Å². The standard InChI is InChI=1S/C25H27FN4O2S/c1-17(31)18-7-9-20(10-8-18)28-12-14-29(15-13-28)24(32)19-4-3-11-30(16-19)25-27-23-21(26)5-2-6-22(23)33-25/h2,5-10,19H,3-4,11-16H2,1H3. The lowest BCUT2D eigenvalue weighted by Gasteiger charge is -2.39. The summed E-state index contributed by atoms with van der Waals surface area (Å²) < 4.78 is 14.9. The number of carbonyl (C=O) groups excluding carboxylic acids is 2. The molecule has 2 saturated heterocycles. The molecule has 0 aliphatic carbocycles. The first-order valence-corrected chi connectivity index (χ1v) is 12.3. The maximum atomic E-state index is 14.1. The molecule has 6 nitrogen and oxygen atoms in total. The lowest BCUT2D eigenvalue weighted by Crippen LogP contribution is -2.52. The Labute approximate surface area is 196 Å². The number of piperazine rings is 1. The zero-order valence-corrected chi connectivity index (χ0v) is 19.5. The van der Waals surface area contributed by atoms with Crippen LogP contribution in [0.4, 0.5) is 15.2 Å². The van der Waals surface area contributed by atoms with Gasteiger partial charge in [0.25, 0.3) is 0 Å². The minimum atomic E-state index is -0.298. The molecule has 0 N–H and O–H groups in total. The van der Waals surface area contributed by atoms with Gasteiger partial charge in [-0.25, -0.2) is 9.37 Å². The number of benzene rings is 2. The number of nitrogens with zero attached hydrogens (tertiary/aromatic N) is 4. The van der Waals surface area contributed by atoms with Crippen LogP contribution in [0, 0.1) is 11.7 Å². The first kappa shape index (κ1) is 21.8. The van der Waals surface area contributed by atoms with Gasteiger partial charge in [-0.3, -0.25) is 9.59 Å². The van der Waals surface area contributed by atoms with Gasteiger partial charge in [-0.05, 0) is 56.2 Å². The number of fused-ring (bicyclic) bond motifs is 1. The van der Waals surface area contributed by atoms with Crippen LogP contribution in [0.15, 0.2) is 42.5 Å². The quantitative estimate of drug-likeness (QED) is 0.540. The first-order valence-electron chi connectivity index (χ1n) is 11.4. The normalized spacial score (nSPS) is 19.2. The fourth-order valence-electron chi connectivity index (χ4n) is 4.74. The largest absolute Gasteiger partial charge is 0.368 e. The summed E-state index contributed by atoms with van der Waals surface area (Å²) in [4.78, 5) is 35.7. The van der Waals surface area contributed by atoms with Crippen molar-refractivity contribution in [2.45, 2.75) is 19.8 Å². The first-order chi connectivity index (χ1) is 16.0. The van der Waals surface area contributed by atoms with Crippen molar-refractivity contribution in [2.24, 2.45) is 5.92 Å². The van der Waals surface area contributed by atoms with Gasteiger partial charge in [0.05, 0.1) is 10.6 Å². The number of carbonyl (C=O) groups is 2. The molecule has 0 radical (unpaired) electrons. The highest BCUT2D eigenvalue weighted by molar-refractivity contribution is 7.22. The van der Waals surface area contributed by atoms with Crippen molar-refractivity contribution in [3.8, 4) is 0 Å². The fraction of sp³-hybridized carbons (Fsp3) is 0.400. The number of hydrogen-bond acceptors (Lipinski definition) is 6. The summed E-state index contributed by atoms with van der Waals surface area (Å²) in [5.41, 5.74) is 2.21. The van der Waals surface area contributed by atoms with Gasteiger partial charge in [0.2, 0.25) is 5.91 Å². The second kappa shape index (κ2) is 9.09. The lowest BCUT2D eigenvalue weighted by molar-refractivity contribution is -0.136. The Morgan fingerprint density at radius 1 is 1.00 bits per heavy atom. The molecule has 1 unspecified atom stereocenters. The number of amides is 1. The number of aromatic nitrogens is 1. The lowest BCUT2D eigenvalue weighted by atomic mass is 9.96. The van der Waals surface area contributed by atoms with E-state index < -0.39 is 0 Å². The van der Waals surface area contributed by atoms with Crippen molar-refractivity contribution >= 4 is 44.1 Å². The van der Waals surface area contributed by atoms with Gasteiger partial charge in [-0.1, -0.05) is 17.4 Å². The molecule has 2 aromatic carbocycles. The second-order valence-electron chi connectivity index (χ2n) is 8.78. The van der Waals surface area contributed by atoms with Gasteiger partial charge in [-0.15, -0.1) is 0 Å². The highest BCUT2D eigenvalue weighted by Crippen LogP contribution is 2.33. The van der Waals surface area contributed by atoms with Crippen molar-refractivity contribution in [1.29, 1.82) is 0 Å². The van der Waals surface area contributed by atoms with E-state index in [0.29, 0.717) is 30.7 Å². The maximum Gasteiger partial charge on any atom is 0.227 e. The summed E-state index contributed by atoms with van der Waals surface area (Å²) >= 11 is 1.49. The van der Waals surface area contributed by atoms with Gasteiger partial charge in [-0.2, -0.15) is 0 Å². The Morgan fingerprint density at radius 2 is 1.76 bits per heavy atom. The summed E-state index contributed by atoms with van der Waals surface area (Å²) in [7, 11) is 0. The minimum absolute atomic E-state index is 0.0583. The van der Waals surface area contributed by atoms with Crippen LogP contribution in [-0.2, 0) is 4.79 Å². The van der Waals surface area contributed by atoms with Crippen molar-refractivity contribution in [3.05, 3.63) is 53.8 Å². The maximum absolute atomic E-state index is 14.1. The molecule has 1 aromatic heterocycles. The molecule has 1 amide bonds. The molecule has 3 aromatic rings. The third kappa shape index (κ3) is 4.44. The molecule has 2 aliphatic rings. The van der Waals surface area contributed by atoms with Crippen LogP contribution < -0.4 is 9.80 Å². The molecule has 33 heavy (non-hydrogen) atoms. The average molecular weight is 467 g/mol. The van der Waals surface area contributed by atoms with E-state index >= 15 is 0 Å². The number of rotatable bonds is 4. The highest BCUT2D eigenvalue weighted by Gasteiger charge is 2.32. The average Bonchev–Trinajstić information content (AvgIpc) is 3.30. The Kier molecular flexibility index (Phi) is 6.01. The van der Waals surface area contributed by atoms with Gasteiger partial charge in [0, 0.05) is 50.5 Å². The molecule has 2 aliphatic heterocycles. The molecule has 0 saturated carbocycles. The summed E-state index contributed by atoms with van der Waals surface area (Å²) in [6.07, 6.45) is 1.80. The predicted octanol–water partition coefficient (Wildman–Crippen LogP) is 4.20. The van der Waals surface area contributed by atoms with Crippen LogP contribution in [0.3, 0.4) is 0 Å². The van der Waals surface area contributed by atoms with Crippen molar-refractivity contribution < 1.29 is 14.0 Å². The van der Waals surface area contributed by atoms with Crippen molar-refractivity contribution in [2.75, 3.05) is 49.1 Å². The van der Waals surface area contributed by atoms with Gasteiger partial charge in [0.1, 0.15) is 11.3 Å². The fourth-order valence-corrected chi connectivity index (χ4v) is 5.76. The van der Waals surface area contributed by atoms with Crippen LogP contribution in [0.5, 0.6) is 0 Å². The zero-order valence-electron chi connectivity index (χ0n) is 18.7. The molecular formula is C25H27FN4O2S. The topological polar surface area (TPSA) is 56.8 Å². The predicted molar refractivity (Wildman–Crippen MR) is 130 cm³/mol. The number of thiazole rings is 1. The Balaban J connectivity index is 1.21. The monoisotopic (exact) mass is 466 g/mol. The van der Waals surface area contributed by atoms with E-state index in [9.17, 15) is 14.0 Å². The SMILES string of the molecule is CC(=O)c1ccc(N2CCN(C(=O)C3CCCN(c4nc5c(F)cccc5s4)C3)CC2)cc1. The summed E-state index contributed by atoms with van der Waals surface area (Å²) in [6.45, 7) is 5.98. The van der Waals surface area contributed by atoms with E-state index in [-0.39, 0.29) is 23.4 Å². The zero-order chi connectivity index (χ0) is 22.9. The molecule has 0 spiro atoms. The van der Waals surface area contributed by atoms with E-state index in [1.54, 1.807) is 13.0 Å². The van der Waals surface area contributed by atoms with E-state index in [2.05, 4.69) is 14.8 Å². The van der Waals surface area contributed by atoms with Crippen LogP contribution >= 0.6 is 11.3 Å². The van der Waals surface area contributed by atoms with Gasteiger partial charge >= 0.3 is 0 Å². The van der Waals surface area contributed by atoms with E-state index in [1.807, 2.05) is 35.2 Å². The highest BCUT2D eigenvalue weighted by atomic mass is 32.1. The Morgan fingerprint density at radius 3 is 2.45 bits per heavy atom. The van der Waals surface area contributed by atoms with Crippen molar-refractivity contribution in [1.82, 2.24) is 9.88 Å². The van der Waals surface area contributed by atoms with Gasteiger partial charge in [0.15, 0.2) is 10.9 Å². The molecular weight excluding hydrogens is 439 g/mol. The Hall–Kier alpha value is -3.00. The second-order valence-corrected chi connectivity index (χ2v) is 9.79. The summed E-state index contributed by atoms with van der Waals surface area (Å²) in [5.74, 6) is -0.0847. The number of hydrogen-bond donors (Lipinski definition) is 0. The summed E-state index contributed by atoms with van der Waals surface area (Å²) in [5, 5.41) is 0.798. The Bertz CT molecular complexity index is 1170. The minimum Gasteiger partial charge on any atom is -0.368 e. The van der Waals surface area contributed by atoms with Crippen LogP contribution in [-0.4, -0.2) is 60.8 Å². The summed E-state index contributed by atoms with van der Waals surface area (Å²) in [6, 6.07) is 12.7. The number of para-hydroxylation sites is 1. The van der Waals surface area contributed by atoms with Gasteiger partial charge < -0.3 is 14.7 Å². The molecule has 2 fully saturated rings. The van der Waals surface area contributed by atoms with E-state index in [1.165, 1.54) is 17.4 Å². The van der Waals surface area contributed by atoms with Crippen LogP contribution in [0.25, 0.3) is 10.2 Å². The third-order valence-corrected chi connectivity index (χ3v) is 7.71. The molecule has 172 valence electrons. The molecule has 3 heterocycles. The van der Waals surface area contributed by atoms with E-state index in [4.69, 9.17) is 0 Å². The molecule has 5 rings (SSSR count). The molecule has 1 atom stereocenters. The van der Waals surface area contributed by atoms with Crippen LogP contribution in [0.2, 0.25) is 0 Å². The third-order valence-electron chi connectivity index (χ3n) is 6.63. The van der Waals surface area contributed by atoms with Crippen LogP contribution in [0.1, 0.15) is 30.1 Å².